The fourth-order valence-corrected chi connectivity index (χ4v) is 6.94. The van der Waals surface area contributed by atoms with Crippen molar-refractivity contribution in [1.82, 2.24) is 0 Å². The third kappa shape index (κ3) is 33.2. The molecule has 0 amide bonds. The third-order valence-electron chi connectivity index (χ3n) is 9.78. The molecule has 1 saturated heterocycles. The van der Waals surface area contributed by atoms with Gasteiger partial charge in [0.1, 0.15) is 12.6 Å². The maximum Gasteiger partial charge on any atom is 0.472 e. The highest BCUT2D eigenvalue weighted by atomic mass is 31.2. The predicted octanol–water partition coefficient (Wildman–Crippen LogP) is 10.6. The highest BCUT2D eigenvalue weighted by Crippen LogP contribution is 2.43. The lowest BCUT2D eigenvalue weighted by Gasteiger charge is -2.20. The smallest absolute Gasteiger partial charge is 0.472 e. The number of aliphatic carboxylic acids is 1. The molecule has 13 heteroatoms. The molecule has 0 bridgehead atoms. The van der Waals surface area contributed by atoms with E-state index in [1.807, 2.05) is 0 Å². The maximum atomic E-state index is 12.7. The van der Waals surface area contributed by atoms with Gasteiger partial charge in [-0.05, 0) is 70.6 Å². The average molecular weight is 828 g/mol. The Balaban J connectivity index is 2.29. The molecule has 1 fully saturated rings. The van der Waals surface area contributed by atoms with Crippen LogP contribution in [0.3, 0.4) is 0 Å². The summed E-state index contributed by atoms with van der Waals surface area (Å²) in [7, 11) is -4.73. The van der Waals surface area contributed by atoms with E-state index < -0.39 is 51.1 Å². The summed E-state index contributed by atoms with van der Waals surface area (Å²) >= 11 is 0. The minimum atomic E-state index is -4.73. The van der Waals surface area contributed by atoms with E-state index in [4.69, 9.17) is 29.6 Å². The molecule has 0 spiro atoms. The average Bonchev–Trinajstić information content (AvgIpc) is 3.94. The van der Waals surface area contributed by atoms with Crippen molar-refractivity contribution in [3.63, 3.8) is 0 Å². The minimum Gasteiger partial charge on any atom is -0.480 e. The fraction of sp³-hybridized carbons (Fsp3) is 0.795. The first-order chi connectivity index (χ1) is 27.6. The monoisotopic (exact) mass is 828 g/mol. The molecule has 5 atom stereocenters. The lowest BCUT2D eigenvalue weighted by Crippen LogP contribution is -2.34. The molecule has 12 nitrogen and oxygen atoms in total. The van der Waals surface area contributed by atoms with Crippen LogP contribution < -0.4 is 5.73 Å². The van der Waals surface area contributed by atoms with Gasteiger partial charge in [0.25, 0.3) is 0 Å². The maximum absolute atomic E-state index is 12.7. The van der Waals surface area contributed by atoms with Gasteiger partial charge in [-0.15, -0.1) is 0 Å². The van der Waals surface area contributed by atoms with Gasteiger partial charge in [-0.1, -0.05) is 134 Å². The lowest BCUT2D eigenvalue weighted by molar-refractivity contribution is -0.161. The number of carboxylic acids is 1. The van der Waals surface area contributed by atoms with Crippen LogP contribution in [0.5, 0.6) is 0 Å². The molecule has 1 aliphatic heterocycles. The fourth-order valence-electron chi connectivity index (χ4n) is 6.16. The Labute approximate surface area is 344 Å². The summed E-state index contributed by atoms with van der Waals surface area (Å²) in [6, 6.07) is -1.53. The Hall–Kier alpha value is -2.34. The van der Waals surface area contributed by atoms with E-state index >= 15 is 0 Å². The SMILES string of the molecule is CCCCC/C=C\C/C=C\CCCCCCCCCC(=O)OC[C@H](COP(=O)(O)OC[C@H](N)C(=O)O)OC(=O)CCCCCCCC1OC1C/C=C\CCCCC. The molecule has 0 aliphatic carbocycles. The van der Waals surface area contributed by atoms with Gasteiger partial charge in [-0.2, -0.15) is 0 Å². The minimum absolute atomic E-state index is 0.136. The summed E-state index contributed by atoms with van der Waals surface area (Å²) in [6.07, 6.45) is 39.3. The molecule has 1 rings (SSSR count). The second kappa shape index (κ2) is 35.6. The second-order valence-electron chi connectivity index (χ2n) is 15.2. The van der Waals surface area contributed by atoms with Crippen molar-refractivity contribution in [2.24, 2.45) is 5.73 Å². The van der Waals surface area contributed by atoms with Crippen LogP contribution in [0.15, 0.2) is 36.5 Å². The van der Waals surface area contributed by atoms with Crippen LogP contribution in [0.25, 0.3) is 0 Å². The zero-order valence-corrected chi connectivity index (χ0v) is 36.3. The number of nitrogens with two attached hydrogens (primary N) is 1. The Morgan fingerprint density at radius 2 is 1.16 bits per heavy atom. The molecule has 1 aliphatic rings. The van der Waals surface area contributed by atoms with E-state index in [1.54, 1.807) is 0 Å². The highest BCUT2D eigenvalue weighted by molar-refractivity contribution is 7.47. The summed E-state index contributed by atoms with van der Waals surface area (Å²) in [5.74, 6) is -2.41. The normalized spacial score (nSPS) is 17.6. The number of hydrogen-bond acceptors (Lipinski definition) is 10. The van der Waals surface area contributed by atoms with Gasteiger partial charge in [0.15, 0.2) is 6.10 Å². The molecule has 4 N–H and O–H groups in total. The van der Waals surface area contributed by atoms with E-state index in [-0.39, 0.29) is 19.4 Å². The molecule has 0 aromatic heterocycles. The van der Waals surface area contributed by atoms with Gasteiger partial charge in [0, 0.05) is 12.8 Å². The quantitative estimate of drug-likeness (QED) is 0.0175. The number of rotatable bonds is 40. The topological polar surface area (TPSA) is 184 Å². The number of hydrogen-bond donors (Lipinski definition) is 3. The van der Waals surface area contributed by atoms with Crippen molar-refractivity contribution >= 4 is 25.7 Å². The lowest BCUT2D eigenvalue weighted by atomic mass is 10.1. The molecule has 3 unspecified atom stereocenters. The Morgan fingerprint density at radius 3 is 1.75 bits per heavy atom. The summed E-state index contributed by atoms with van der Waals surface area (Å²) in [5, 5.41) is 8.89. The molecule has 0 aromatic rings. The van der Waals surface area contributed by atoms with Crippen LogP contribution >= 0.6 is 7.82 Å². The van der Waals surface area contributed by atoms with E-state index in [0.29, 0.717) is 25.0 Å². The van der Waals surface area contributed by atoms with Crippen molar-refractivity contribution < 1.29 is 52.2 Å². The number of esters is 2. The van der Waals surface area contributed by atoms with Gasteiger partial charge >= 0.3 is 25.7 Å². The van der Waals surface area contributed by atoms with Crippen LogP contribution in [0.2, 0.25) is 0 Å². The van der Waals surface area contributed by atoms with Crippen LogP contribution in [-0.4, -0.2) is 72.1 Å². The van der Waals surface area contributed by atoms with E-state index in [1.165, 1.54) is 57.8 Å². The number of ether oxygens (including phenoxy) is 3. The molecule has 0 aromatic carbocycles. The van der Waals surface area contributed by atoms with Crippen LogP contribution in [0.4, 0.5) is 0 Å². The molecule has 0 saturated carbocycles. The summed E-state index contributed by atoms with van der Waals surface area (Å²) < 4.78 is 38.5. The van der Waals surface area contributed by atoms with Gasteiger partial charge in [-0.25, -0.2) is 4.57 Å². The van der Waals surface area contributed by atoms with Gasteiger partial charge in [-0.3, -0.25) is 23.4 Å². The first kappa shape index (κ1) is 52.7. The number of unbranched alkanes of at least 4 members (excludes halogenated alkanes) is 17. The number of allylic oxidation sites excluding steroid dienone is 5. The highest BCUT2D eigenvalue weighted by Gasteiger charge is 2.36. The summed E-state index contributed by atoms with van der Waals surface area (Å²) in [4.78, 5) is 46.0. The molecule has 57 heavy (non-hydrogen) atoms. The Kier molecular flexibility index (Phi) is 32.9. The van der Waals surface area contributed by atoms with Crippen molar-refractivity contribution in [3.8, 4) is 0 Å². The zero-order valence-electron chi connectivity index (χ0n) is 35.4. The molecule has 0 radical (unpaired) electrons. The summed E-state index contributed by atoms with van der Waals surface area (Å²) in [6.45, 7) is 2.71. The number of phosphoric ester groups is 1. The number of phosphoric acid groups is 1. The first-order valence-electron chi connectivity index (χ1n) is 22.1. The number of carbonyl (C=O) groups excluding carboxylic acids is 2. The van der Waals surface area contributed by atoms with Crippen molar-refractivity contribution in [3.05, 3.63) is 36.5 Å². The predicted molar refractivity (Wildman–Crippen MR) is 226 cm³/mol. The van der Waals surface area contributed by atoms with Crippen LogP contribution in [0.1, 0.15) is 181 Å². The number of carboxylic acid groups (broad SMARTS) is 1. The van der Waals surface area contributed by atoms with Gasteiger partial charge in [0.2, 0.25) is 0 Å². The Bertz CT molecular complexity index is 1180. The van der Waals surface area contributed by atoms with E-state index in [0.717, 1.165) is 83.5 Å². The van der Waals surface area contributed by atoms with Crippen molar-refractivity contribution in [2.75, 3.05) is 19.8 Å². The Morgan fingerprint density at radius 1 is 0.649 bits per heavy atom. The van der Waals surface area contributed by atoms with Gasteiger partial charge < -0.3 is 29.9 Å². The van der Waals surface area contributed by atoms with Gasteiger partial charge in [0.05, 0.1) is 25.4 Å². The molecular formula is C44H78NO11P. The largest absolute Gasteiger partial charge is 0.480 e. The van der Waals surface area contributed by atoms with Crippen LogP contribution in [-0.2, 0) is 42.2 Å². The van der Waals surface area contributed by atoms with Crippen molar-refractivity contribution in [1.29, 1.82) is 0 Å². The van der Waals surface area contributed by atoms with Crippen molar-refractivity contribution in [2.45, 2.75) is 205 Å². The number of epoxide rings is 1. The van der Waals surface area contributed by atoms with E-state index in [2.05, 4.69) is 54.8 Å². The molecule has 1 heterocycles. The molecule has 330 valence electrons. The number of carbonyl (C=O) groups is 3. The first-order valence-corrected chi connectivity index (χ1v) is 23.6. The third-order valence-corrected chi connectivity index (χ3v) is 10.7. The summed E-state index contributed by atoms with van der Waals surface area (Å²) in [5.41, 5.74) is 5.33. The standard InChI is InChI=1S/C44H78NO11P/c1-3-5-7-9-11-12-13-14-15-16-17-18-19-20-21-25-29-33-42(46)52-35-38(36-53-57(50,51)54-37-39(45)44(48)49)55-43(47)34-30-26-22-24-28-32-41-40(56-41)31-27-23-10-8-6-4-2/h11-12,14-15,23,27,38-41H,3-10,13,16-22,24-26,28-37,45H2,1-2H3,(H,48,49)(H,50,51)/b12-11-,15-14-,27-23-/t38-,39+,40?,41?/m1/s1. The molecular weight excluding hydrogens is 749 g/mol. The second-order valence-corrected chi connectivity index (χ2v) is 16.7. The van der Waals surface area contributed by atoms with Crippen LogP contribution in [0, 0.1) is 0 Å². The zero-order chi connectivity index (χ0) is 41.8. The van der Waals surface area contributed by atoms with E-state index in [9.17, 15) is 23.8 Å².